The maximum absolute atomic E-state index is 12.7. The predicted molar refractivity (Wildman–Crippen MR) is 109 cm³/mol. The van der Waals surface area contributed by atoms with Gasteiger partial charge in [0.2, 0.25) is 0 Å². The van der Waals surface area contributed by atoms with Crippen LogP contribution < -0.4 is 0 Å². The summed E-state index contributed by atoms with van der Waals surface area (Å²) < 4.78 is 8.08. The molecular formula is C21H20N4O2S. The van der Waals surface area contributed by atoms with E-state index in [1.54, 1.807) is 0 Å². The van der Waals surface area contributed by atoms with Crippen molar-refractivity contribution < 1.29 is 9.21 Å². The lowest BCUT2D eigenvalue weighted by Gasteiger charge is -2.07. The molecule has 1 aliphatic rings. The first-order chi connectivity index (χ1) is 13.6. The molecule has 1 N–H and O–H groups in total. The van der Waals surface area contributed by atoms with Gasteiger partial charge in [-0.3, -0.25) is 4.79 Å². The van der Waals surface area contributed by atoms with Crippen molar-refractivity contribution in [1.29, 1.82) is 0 Å². The number of fused-ring (bicyclic) bond motifs is 1. The predicted octanol–water partition coefficient (Wildman–Crippen LogP) is 4.95. The van der Waals surface area contributed by atoms with Crippen LogP contribution in [-0.2, 0) is 0 Å². The molecular weight excluding hydrogens is 372 g/mol. The fraction of sp³-hybridized carbons (Fsp3) is 0.286. The summed E-state index contributed by atoms with van der Waals surface area (Å²) in [4.78, 5) is 15.9. The number of thioether (sulfide) groups is 1. The summed E-state index contributed by atoms with van der Waals surface area (Å²) in [6.45, 7) is 4.10. The van der Waals surface area contributed by atoms with Gasteiger partial charge in [0.05, 0.1) is 11.3 Å². The van der Waals surface area contributed by atoms with Gasteiger partial charge in [-0.05, 0) is 38.8 Å². The van der Waals surface area contributed by atoms with Crippen LogP contribution in [0.4, 0.5) is 0 Å². The van der Waals surface area contributed by atoms with Gasteiger partial charge in [-0.1, -0.05) is 30.0 Å². The highest BCUT2D eigenvalue weighted by Gasteiger charge is 2.28. The second-order valence-corrected chi connectivity index (χ2v) is 8.15. The van der Waals surface area contributed by atoms with Gasteiger partial charge in [-0.15, -0.1) is 10.2 Å². The first-order valence-electron chi connectivity index (χ1n) is 9.36. The summed E-state index contributed by atoms with van der Waals surface area (Å²) in [7, 11) is 0. The summed E-state index contributed by atoms with van der Waals surface area (Å²) in [6.07, 6.45) is 4.28. The molecule has 1 fully saturated rings. The monoisotopic (exact) mass is 392 g/mol. The topological polar surface area (TPSA) is 76.7 Å². The Morgan fingerprint density at radius 1 is 1.29 bits per heavy atom. The molecule has 6 nitrogen and oxygen atoms in total. The lowest BCUT2D eigenvalue weighted by molar-refractivity contribution is 0.102. The molecule has 28 heavy (non-hydrogen) atoms. The van der Waals surface area contributed by atoms with Gasteiger partial charge in [-0.2, -0.15) is 0 Å². The Balaban J connectivity index is 1.31. The average Bonchev–Trinajstić information content (AvgIpc) is 3.14. The highest BCUT2D eigenvalue weighted by atomic mass is 32.2. The molecule has 4 aromatic rings. The Bertz CT molecular complexity index is 1180. The van der Waals surface area contributed by atoms with Crippen molar-refractivity contribution in [3.05, 3.63) is 53.5 Å². The molecule has 5 rings (SSSR count). The van der Waals surface area contributed by atoms with Crippen LogP contribution in [0.5, 0.6) is 0 Å². The van der Waals surface area contributed by atoms with Gasteiger partial charge in [0, 0.05) is 40.1 Å². The number of hydrogen-bond donors (Lipinski definition) is 1. The molecule has 0 amide bonds. The average molecular weight is 392 g/mol. The fourth-order valence-electron chi connectivity index (χ4n) is 3.78. The smallest absolute Gasteiger partial charge is 0.277 e. The van der Waals surface area contributed by atoms with Crippen LogP contribution in [0.2, 0.25) is 0 Å². The SMILES string of the molecule is Cc1cc(C(=O)CSc2nnc(-c3c[nH]c4ccccc34)o2)c(C)n1C1CC1. The zero-order chi connectivity index (χ0) is 19.3. The van der Waals surface area contributed by atoms with Crippen LogP contribution in [0.25, 0.3) is 22.4 Å². The van der Waals surface area contributed by atoms with Crippen molar-refractivity contribution in [2.75, 3.05) is 5.75 Å². The molecule has 0 saturated heterocycles. The van der Waals surface area contributed by atoms with Gasteiger partial charge in [0.1, 0.15) is 0 Å². The number of H-pyrrole nitrogens is 1. The van der Waals surface area contributed by atoms with Crippen LogP contribution >= 0.6 is 11.8 Å². The largest absolute Gasteiger partial charge is 0.411 e. The van der Waals surface area contributed by atoms with E-state index in [9.17, 15) is 4.79 Å². The molecule has 0 aliphatic heterocycles. The Morgan fingerprint density at radius 3 is 2.93 bits per heavy atom. The van der Waals surface area contributed by atoms with Crippen LogP contribution in [0, 0.1) is 13.8 Å². The quantitative estimate of drug-likeness (QED) is 0.371. The maximum atomic E-state index is 12.7. The number of benzene rings is 1. The molecule has 1 aromatic carbocycles. The molecule has 7 heteroatoms. The van der Waals surface area contributed by atoms with Crippen LogP contribution in [0.1, 0.15) is 40.6 Å². The number of carbonyl (C=O) groups is 1. The number of carbonyl (C=O) groups excluding carboxylic acids is 1. The highest BCUT2D eigenvalue weighted by Crippen LogP contribution is 2.38. The maximum Gasteiger partial charge on any atom is 0.277 e. The molecule has 1 saturated carbocycles. The van der Waals surface area contributed by atoms with Gasteiger partial charge in [-0.25, -0.2) is 0 Å². The number of rotatable bonds is 6. The standard InChI is InChI=1S/C21H20N4O2S/c1-12-9-16(13(2)25(12)14-7-8-14)19(26)11-28-21-24-23-20(27-21)17-10-22-18-6-4-3-5-15(17)18/h3-6,9-10,14,22H,7-8,11H2,1-2H3. The summed E-state index contributed by atoms with van der Waals surface area (Å²) in [5.41, 5.74) is 4.91. The second kappa shape index (κ2) is 6.67. The van der Waals surface area contributed by atoms with E-state index in [2.05, 4.69) is 26.7 Å². The molecule has 3 aromatic heterocycles. The summed E-state index contributed by atoms with van der Waals surface area (Å²) in [6, 6.07) is 10.5. The van der Waals surface area contributed by atoms with Crippen molar-refractivity contribution in [3.63, 3.8) is 0 Å². The van der Waals surface area contributed by atoms with E-state index in [4.69, 9.17) is 4.42 Å². The zero-order valence-corrected chi connectivity index (χ0v) is 16.5. The third kappa shape index (κ3) is 2.96. The van der Waals surface area contributed by atoms with Crippen LogP contribution in [0.15, 0.2) is 46.2 Å². The van der Waals surface area contributed by atoms with Crippen molar-refractivity contribution >= 4 is 28.4 Å². The van der Waals surface area contributed by atoms with Gasteiger partial charge < -0.3 is 14.0 Å². The minimum Gasteiger partial charge on any atom is -0.411 e. The zero-order valence-electron chi connectivity index (χ0n) is 15.7. The molecule has 0 spiro atoms. The van der Waals surface area contributed by atoms with Crippen LogP contribution in [0.3, 0.4) is 0 Å². The van der Waals surface area contributed by atoms with Gasteiger partial charge >= 0.3 is 0 Å². The molecule has 0 bridgehead atoms. The van der Waals surface area contributed by atoms with Crippen molar-refractivity contribution in [3.8, 4) is 11.5 Å². The lowest BCUT2D eigenvalue weighted by Crippen LogP contribution is -2.05. The van der Waals surface area contributed by atoms with E-state index in [0.29, 0.717) is 17.2 Å². The summed E-state index contributed by atoms with van der Waals surface area (Å²) >= 11 is 1.29. The number of aryl methyl sites for hydroxylation is 1. The first kappa shape index (κ1) is 17.3. The molecule has 142 valence electrons. The minimum atomic E-state index is 0.0943. The molecule has 0 radical (unpaired) electrons. The molecule has 3 heterocycles. The van der Waals surface area contributed by atoms with Crippen molar-refractivity contribution in [1.82, 2.24) is 19.7 Å². The third-order valence-electron chi connectivity index (χ3n) is 5.25. The fourth-order valence-corrected chi connectivity index (χ4v) is 4.43. The molecule has 0 unspecified atom stereocenters. The normalized spacial score (nSPS) is 14.1. The van der Waals surface area contributed by atoms with E-state index in [1.165, 1.54) is 24.6 Å². The van der Waals surface area contributed by atoms with Gasteiger partial charge in [0.25, 0.3) is 11.1 Å². The second-order valence-electron chi connectivity index (χ2n) is 7.22. The summed E-state index contributed by atoms with van der Waals surface area (Å²) in [5.74, 6) is 0.834. The minimum absolute atomic E-state index is 0.0943. The molecule has 1 aliphatic carbocycles. The van der Waals surface area contributed by atoms with Crippen molar-refractivity contribution in [2.45, 2.75) is 38.0 Å². The van der Waals surface area contributed by atoms with E-state index >= 15 is 0 Å². The van der Waals surface area contributed by atoms with E-state index in [-0.39, 0.29) is 11.5 Å². The number of nitrogens with one attached hydrogen (secondary N) is 1. The Morgan fingerprint density at radius 2 is 2.11 bits per heavy atom. The Labute approximate surface area is 166 Å². The van der Waals surface area contributed by atoms with Crippen molar-refractivity contribution in [2.24, 2.45) is 0 Å². The number of aromatic nitrogens is 4. The lowest BCUT2D eigenvalue weighted by atomic mass is 10.2. The van der Waals surface area contributed by atoms with E-state index < -0.39 is 0 Å². The Kier molecular flexibility index (Phi) is 4.12. The summed E-state index contributed by atoms with van der Waals surface area (Å²) in [5, 5.41) is 9.70. The number of ketones is 1. The Hall–Kier alpha value is -2.80. The number of hydrogen-bond acceptors (Lipinski definition) is 5. The number of Topliss-reactive ketones (excluding diaryl/α,β-unsaturated/α-hetero) is 1. The first-order valence-corrected chi connectivity index (χ1v) is 10.3. The van der Waals surface area contributed by atoms with Gasteiger partial charge in [0.15, 0.2) is 5.78 Å². The van der Waals surface area contributed by atoms with Crippen LogP contribution in [-0.4, -0.2) is 31.3 Å². The highest BCUT2D eigenvalue weighted by molar-refractivity contribution is 7.99. The number of nitrogens with zero attached hydrogens (tertiary/aromatic N) is 3. The third-order valence-corrected chi connectivity index (χ3v) is 6.07. The number of aromatic amines is 1. The molecule has 0 atom stereocenters. The van der Waals surface area contributed by atoms with E-state index in [0.717, 1.165) is 33.4 Å². The number of para-hydroxylation sites is 1. The van der Waals surface area contributed by atoms with E-state index in [1.807, 2.05) is 43.5 Å².